The Kier molecular flexibility index (Phi) is 5.06. The molecule has 0 spiro atoms. The smallest absolute Gasteiger partial charge is 0.320 e. The molecule has 5 heteroatoms. The second-order valence-electron chi connectivity index (χ2n) is 4.79. The molecule has 3 rings (SSSR count). The Balaban J connectivity index is 1.64. The lowest BCUT2D eigenvalue weighted by atomic mass is 10.2. The highest BCUT2D eigenvalue weighted by Gasteiger charge is 2.09. The van der Waals surface area contributed by atoms with E-state index < -0.39 is 0 Å². The highest BCUT2D eigenvalue weighted by Crippen LogP contribution is 2.23. The van der Waals surface area contributed by atoms with Crippen LogP contribution < -0.4 is 9.47 Å². The molecule has 0 unspecified atom stereocenters. The fourth-order valence-electron chi connectivity index (χ4n) is 1.91. The molecule has 23 heavy (non-hydrogen) atoms. The van der Waals surface area contributed by atoms with E-state index in [1.165, 1.54) is 0 Å². The van der Waals surface area contributed by atoms with Gasteiger partial charge in [-0.15, -0.1) is 0 Å². The highest BCUT2D eigenvalue weighted by molar-refractivity contribution is 6.31. The molecule has 1 aromatic heterocycles. The van der Waals surface area contributed by atoms with Gasteiger partial charge in [0.05, 0.1) is 0 Å². The summed E-state index contributed by atoms with van der Waals surface area (Å²) < 4.78 is 11.2. The van der Waals surface area contributed by atoms with Gasteiger partial charge in [-0.25, -0.2) is 0 Å². The van der Waals surface area contributed by atoms with Gasteiger partial charge in [0.15, 0.2) is 0 Å². The Morgan fingerprint density at radius 2 is 1.39 bits per heavy atom. The monoisotopic (exact) mass is 325 g/mol. The normalized spacial score (nSPS) is 10.3. The van der Waals surface area contributed by atoms with E-state index in [2.05, 4.69) is 16.2 Å². The Morgan fingerprint density at radius 3 is 2.00 bits per heavy atom. The average molecular weight is 326 g/mol. The van der Waals surface area contributed by atoms with E-state index in [-0.39, 0.29) is 16.9 Å². The number of hydrogen-bond acceptors (Lipinski definition) is 4. The summed E-state index contributed by atoms with van der Waals surface area (Å²) in [5.74, 6) is 0.258. The summed E-state index contributed by atoms with van der Waals surface area (Å²) in [6, 6.07) is 19.7. The molecular weight excluding hydrogens is 312 g/mol. The molecule has 0 aliphatic carbocycles. The molecule has 1 heterocycles. The lowest BCUT2D eigenvalue weighted by Gasteiger charge is -2.09. The molecule has 0 atom stereocenters. The summed E-state index contributed by atoms with van der Waals surface area (Å²) in [7, 11) is 0. The van der Waals surface area contributed by atoms with E-state index in [0.29, 0.717) is 13.2 Å². The van der Waals surface area contributed by atoms with Crippen LogP contribution in [0.4, 0.5) is 0 Å². The molecule has 1 radical (unpaired) electrons. The van der Waals surface area contributed by atoms with Crippen molar-refractivity contribution in [2.24, 2.45) is 0 Å². The van der Waals surface area contributed by atoms with Gasteiger partial charge in [-0.1, -0.05) is 72.3 Å². The third-order valence-electron chi connectivity index (χ3n) is 3.06. The van der Waals surface area contributed by atoms with Crippen molar-refractivity contribution in [3.8, 4) is 11.9 Å². The average Bonchev–Trinajstić information content (AvgIpc) is 2.62. The zero-order valence-electron chi connectivity index (χ0n) is 12.3. The van der Waals surface area contributed by atoms with Gasteiger partial charge in [-0.2, -0.15) is 9.97 Å². The number of nitrogens with zero attached hydrogens (tertiary/aromatic N) is 2. The van der Waals surface area contributed by atoms with Crippen molar-refractivity contribution in [3.63, 3.8) is 0 Å². The van der Waals surface area contributed by atoms with E-state index in [1.54, 1.807) is 0 Å². The fraction of sp³-hybridized carbons (Fsp3) is 0.111. The number of halogens is 1. The first-order valence-electron chi connectivity index (χ1n) is 7.10. The SMILES string of the molecule is Clc1[c]nc(OCc2ccccc2)nc1OCc1ccccc1. The van der Waals surface area contributed by atoms with E-state index >= 15 is 0 Å². The Labute approximate surface area is 139 Å². The van der Waals surface area contributed by atoms with Gasteiger partial charge >= 0.3 is 6.01 Å². The van der Waals surface area contributed by atoms with E-state index in [1.807, 2.05) is 60.7 Å². The van der Waals surface area contributed by atoms with Gasteiger partial charge < -0.3 is 9.47 Å². The molecule has 0 N–H and O–H groups in total. The third kappa shape index (κ3) is 4.44. The van der Waals surface area contributed by atoms with Crippen molar-refractivity contribution in [2.75, 3.05) is 0 Å². The molecule has 2 aromatic carbocycles. The number of aromatic nitrogens is 2. The summed E-state index contributed by atoms with van der Waals surface area (Å²) in [5.41, 5.74) is 2.05. The maximum absolute atomic E-state index is 6.02. The van der Waals surface area contributed by atoms with E-state index in [0.717, 1.165) is 11.1 Å². The first-order chi connectivity index (χ1) is 11.3. The zero-order chi connectivity index (χ0) is 15.9. The van der Waals surface area contributed by atoms with E-state index in [9.17, 15) is 0 Å². The van der Waals surface area contributed by atoms with Gasteiger partial charge in [0.1, 0.15) is 24.4 Å². The molecule has 0 bridgehead atoms. The quantitative estimate of drug-likeness (QED) is 0.684. The van der Waals surface area contributed by atoms with Crippen LogP contribution in [0.3, 0.4) is 0 Å². The van der Waals surface area contributed by atoms with E-state index in [4.69, 9.17) is 21.1 Å². The number of rotatable bonds is 6. The molecule has 0 saturated carbocycles. The Morgan fingerprint density at radius 1 is 0.826 bits per heavy atom. The third-order valence-corrected chi connectivity index (χ3v) is 3.31. The molecule has 0 aliphatic rings. The van der Waals surface area contributed by atoms with Crippen LogP contribution in [0.25, 0.3) is 0 Å². The molecule has 0 fully saturated rings. The van der Waals surface area contributed by atoms with Gasteiger partial charge in [0.2, 0.25) is 5.88 Å². The number of benzene rings is 2. The van der Waals surface area contributed by atoms with Crippen molar-refractivity contribution in [1.82, 2.24) is 9.97 Å². The summed E-state index contributed by atoms with van der Waals surface area (Å²) in [6.07, 6.45) is 2.64. The minimum absolute atomic E-state index is 0.182. The van der Waals surface area contributed by atoms with Crippen LogP contribution in [0.5, 0.6) is 11.9 Å². The molecule has 0 saturated heterocycles. The largest absolute Gasteiger partial charge is 0.472 e. The minimum atomic E-state index is 0.182. The minimum Gasteiger partial charge on any atom is -0.472 e. The Hall–Kier alpha value is -2.59. The van der Waals surface area contributed by atoms with Crippen molar-refractivity contribution in [3.05, 3.63) is 83.0 Å². The molecule has 0 amide bonds. The van der Waals surface area contributed by atoms with Gasteiger partial charge in [-0.05, 0) is 11.1 Å². The van der Waals surface area contributed by atoms with Crippen LogP contribution in [0, 0.1) is 6.20 Å². The van der Waals surface area contributed by atoms with Crippen molar-refractivity contribution in [1.29, 1.82) is 0 Å². The standard InChI is InChI=1S/C18H14ClN2O2/c19-16-11-20-18(23-13-15-9-5-2-6-10-15)21-17(16)22-12-14-7-3-1-4-8-14/h1-10H,12-13H2. The van der Waals surface area contributed by atoms with Crippen LogP contribution in [-0.2, 0) is 13.2 Å². The maximum atomic E-state index is 6.02. The summed E-state index contributed by atoms with van der Waals surface area (Å²) in [4.78, 5) is 8.12. The fourth-order valence-corrected chi connectivity index (χ4v) is 2.05. The van der Waals surface area contributed by atoms with Crippen molar-refractivity contribution in [2.45, 2.75) is 13.2 Å². The van der Waals surface area contributed by atoms with Gasteiger partial charge in [0, 0.05) is 0 Å². The second kappa shape index (κ2) is 7.61. The van der Waals surface area contributed by atoms with Crippen LogP contribution >= 0.6 is 11.6 Å². The predicted octanol–water partition coefficient (Wildman–Crippen LogP) is 4.09. The molecule has 3 aromatic rings. The first-order valence-corrected chi connectivity index (χ1v) is 7.48. The van der Waals surface area contributed by atoms with Gasteiger partial charge in [-0.3, -0.25) is 0 Å². The van der Waals surface area contributed by atoms with Crippen LogP contribution in [0.1, 0.15) is 11.1 Å². The zero-order valence-corrected chi connectivity index (χ0v) is 13.0. The van der Waals surface area contributed by atoms with Gasteiger partial charge in [0.25, 0.3) is 0 Å². The molecule has 0 aliphatic heterocycles. The lowest BCUT2D eigenvalue weighted by molar-refractivity contribution is 0.258. The first kappa shape index (κ1) is 15.3. The molecule has 4 nitrogen and oxygen atoms in total. The lowest BCUT2D eigenvalue weighted by Crippen LogP contribution is -2.03. The van der Waals surface area contributed by atoms with Crippen LogP contribution in [0.2, 0.25) is 5.02 Å². The van der Waals surface area contributed by atoms with Crippen LogP contribution in [-0.4, -0.2) is 9.97 Å². The molecule has 115 valence electrons. The number of hydrogen-bond donors (Lipinski definition) is 0. The summed E-state index contributed by atoms with van der Waals surface area (Å²) in [5, 5.41) is 0.230. The number of ether oxygens (including phenoxy) is 2. The Bertz CT molecular complexity index is 751. The summed E-state index contributed by atoms with van der Waals surface area (Å²) in [6.45, 7) is 0.734. The van der Waals surface area contributed by atoms with Crippen molar-refractivity contribution < 1.29 is 9.47 Å². The highest BCUT2D eigenvalue weighted by atomic mass is 35.5. The predicted molar refractivity (Wildman–Crippen MR) is 87.4 cm³/mol. The maximum Gasteiger partial charge on any atom is 0.320 e. The second-order valence-corrected chi connectivity index (χ2v) is 5.16. The summed E-state index contributed by atoms with van der Waals surface area (Å²) >= 11 is 6.02. The van der Waals surface area contributed by atoms with Crippen molar-refractivity contribution >= 4 is 11.6 Å². The topological polar surface area (TPSA) is 44.2 Å². The van der Waals surface area contributed by atoms with Crippen LogP contribution in [0.15, 0.2) is 60.7 Å². The molecular formula is C18H14ClN2O2.